The standard InChI is InChI=1S/C25H29N3O3/c1-17(2)16-22(29)27-23(21-10-7-18-4-3-11-26-24(18)25(21)30)19-5-8-20(9-6-19)28-12-14-31-15-13-28/h3-11,17,23,30H,12-16H2,1-2H3,(H,27,29). The van der Waals surface area contributed by atoms with Gasteiger partial charge in [-0.3, -0.25) is 9.78 Å². The number of nitrogens with zero attached hydrogens (tertiary/aromatic N) is 2. The molecule has 31 heavy (non-hydrogen) atoms. The van der Waals surface area contributed by atoms with Gasteiger partial charge >= 0.3 is 0 Å². The summed E-state index contributed by atoms with van der Waals surface area (Å²) < 4.78 is 5.44. The number of hydrogen-bond acceptors (Lipinski definition) is 5. The molecule has 3 aromatic rings. The summed E-state index contributed by atoms with van der Waals surface area (Å²) in [6, 6.07) is 15.3. The monoisotopic (exact) mass is 419 g/mol. The van der Waals surface area contributed by atoms with Crippen LogP contribution in [0.15, 0.2) is 54.7 Å². The summed E-state index contributed by atoms with van der Waals surface area (Å²) in [6.45, 7) is 7.23. The summed E-state index contributed by atoms with van der Waals surface area (Å²) in [7, 11) is 0. The van der Waals surface area contributed by atoms with Crippen LogP contribution in [-0.2, 0) is 9.53 Å². The molecule has 2 aromatic carbocycles. The lowest BCUT2D eigenvalue weighted by Gasteiger charge is -2.29. The minimum atomic E-state index is -0.462. The van der Waals surface area contributed by atoms with Crippen molar-refractivity contribution in [1.29, 1.82) is 0 Å². The molecule has 0 spiro atoms. The maximum Gasteiger partial charge on any atom is 0.221 e. The van der Waals surface area contributed by atoms with E-state index in [4.69, 9.17) is 4.74 Å². The molecule has 1 fully saturated rings. The number of carbonyl (C=O) groups is 1. The highest BCUT2D eigenvalue weighted by atomic mass is 16.5. The van der Waals surface area contributed by atoms with Crippen LogP contribution in [0.2, 0.25) is 0 Å². The Balaban J connectivity index is 1.69. The predicted molar refractivity (Wildman–Crippen MR) is 122 cm³/mol. The third-order valence-electron chi connectivity index (χ3n) is 5.59. The average Bonchev–Trinajstić information content (AvgIpc) is 2.78. The number of hydrogen-bond donors (Lipinski definition) is 2. The number of phenols is 1. The molecule has 6 nitrogen and oxygen atoms in total. The summed E-state index contributed by atoms with van der Waals surface area (Å²) >= 11 is 0. The van der Waals surface area contributed by atoms with Gasteiger partial charge in [0.05, 0.1) is 19.3 Å². The van der Waals surface area contributed by atoms with Gasteiger partial charge in [-0.05, 0) is 29.7 Å². The number of ether oxygens (including phenoxy) is 1. The van der Waals surface area contributed by atoms with Gasteiger partial charge in [-0.15, -0.1) is 0 Å². The maximum absolute atomic E-state index is 12.7. The average molecular weight is 420 g/mol. The predicted octanol–water partition coefficient (Wildman–Crippen LogP) is 4.03. The largest absolute Gasteiger partial charge is 0.505 e. The van der Waals surface area contributed by atoms with Crippen LogP contribution < -0.4 is 10.2 Å². The van der Waals surface area contributed by atoms with Crippen LogP contribution in [0.3, 0.4) is 0 Å². The zero-order valence-electron chi connectivity index (χ0n) is 18.0. The second-order valence-electron chi connectivity index (χ2n) is 8.37. The second kappa shape index (κ2) is 9.35. The van der Waals surface area contributed by atoms with E-state index in [0.717, 1.165) is 42.9 Å². The first kappa shape index (κ1) is 21.1. The van der Waals surface area contributed by atoms with E-state index in [-0.39, 0.29) is 17.6 Å². The van der Waals surface area contributed by atoms with Crippen LogP contribution in [0.5, 0.6) is 5.75 Å². The highest BCUT2D eigenvalue weighted by molar-refractivity contribution is 5.86. The fourth-order valence-corrected chi connectivity index (χ4v) is 4.01. The van der Waals surface area contributed by atoms with E-state index in [0.29, 0.717) is 17.5 Å². The molecule has 1 aliphatic rings. The molecule has 0 radical (unpaired) electrons. The van der Waals surface area contributed by atoms with Crippen molar-refractivity contribution in [3.05, 3.63) is 65.9 Å². The van der Waals surface area contributed by atoms with Gasteiger partial charge in [0, 0.05) is 42.3 Å². The number of fused-ring (bicyclic) bond motifs is 1. The van der Waals surface area contributed by atoms with Gasteiger partial charge in [0.25, 0.3) is 0 Å². The number of rotatable bonds is 6. The smallest absolute Gasteiger partial charge is 0.221 e. The topological polar surface area (TPSA) is 74.7 Å². The summed E-state index contributed by atoms with van der Waals surface area (Å²) in [6.07, 6.45) is 2.09. The van der Waals surface area contributed by atoms with Crippen LogP contribution in [0.1, 0.15) is 37.4 Å². The summed E-state index contributed by atoms with van der Waals surface area (Å²) in [5, 5.41) is 15.0. The first-order chi connectivity index (χ1) is 15.0. The van der Waals surface area contributed by atoms with E-state index >= 15 is 0 Å². The Morgan fingerprint density at radius 1 is 1.13 bits per heavy atom. The number of morpholine rings is 1. The Morgan fingerprint density at radius 2 is 1.87 bits per heavy atom. The lowest BCUT2D eigenvalue weighted by atomic mass is 9.95. The molecular weight excluding hydrogens is 390 g/mol. The molecule has 1 saturated heterocycles. The Morgan fingerprint density at radius 3 is 2.58 bits per heavy atom. The number of pyridine rings is 1. The van der Waals surface area contributed by atoms with Gasteiger partial charge < -0.3 is 20.1 Å². The van der Waals surface area contributed by atoms with Crippen molar-refractivity contribution in [3.8, 4) is 5.75 Å². The quantitative estimate of drug-likeness (QED) is 0.631. The van der Waals surface area contributed by atoms with Gasteiger partial charge in [-0.2, -0.15) is 0 Å². The van der Waals surface area contributed by atoms with E-state index in [1.807, 2.05) is 50.2 Å². The van der Waals surface area contributed by atoms with Crippen molar-refractivity contribution in [3.63, 3.8) is 0 Å². The maximum atomic E-state index is 12.7. The van der Waals surface area contributed by atoms with Gasteiger partial charge in [0.15, 0.2) is 0 Å². The molecule has 2 N–H and O–H groups in total. The van der Waals surface area contributed by atoms with Crippen molar-refractivity contribution in [1.82, 2.24) is 10.3 Å². The number of carbonyl (C=O) groups excluding carboxylic acids is 1. The number of aromatic nitrogens is 1. The van der Waals surface area contributed by atoms with Crippen LogP contribution in [0, 0.1) is 5.92 Å². The minimum Gasteiger partial charge on any atom is -0.505 e. The van der Waals surface area contributed by atoms with E-state index in [2.05, 4.69) is 27.3 Å². The molecule has 4 rings (SSSR count). The highest BCUT2D eigenvalue weighted by Crippen LogP contribution is 2.35. The summed E-state index contributed by atoms with van der Waals surface area (Å²) in [4.78, 5) is 19.3. The van der Waals surface area contributed by atoms with Crippen LogP contribution in [-0.4, -0.2) is 42.3 Å². The molecule has 2 heterocycles. The molecule has 0 saturated carbocycles. The van der Waals surface area contributed by atoms with Crippen molar-refractivity contribution in [2.24, 2.45) is 5.92 Å². The zero-order valence-corrected chi connectivity index (χ0v) is 18.0. The van der Waals surface area contributed by atoms with Gasteiger partial charge in [-0.25, -0.2) is 0 Å². The number of anilines is 1. The van der Waals surface area contributed by atoms with Crippen LogP contribution in [0.25, 0.3) is 10.9 Å². The van der Waals surface area contributed by atoms with E-state index in [1.54, 1.807) is 6.20 Å². The Kier molecular flexibility index (Phi) is 6.37. The van der Waals surface area contributed by atoms with Crippen LogP contribution in [0.4, 0.5) is 5.69 Å². The van der Waals surface area contributed by atoms with E-state index < -0.39 is 6.04 Å². The molecule has 1 amide bonds. The Hall–Kier alpha value is -3.12. The molecular formula is C25H29N3O3. The normalized spacial score (nSPS) is 15.3. The molecule has 1 aromatic heterocycles. The van der Waals surface area contributed by atoms with E-state index in [1.165, 1.54) is 0 Å². The second-order valence-corrected chi connectivity index (χ2v) is 8.37. The molecule has 1 unspecified atom stereocenters. The number of aromatic hydroxyl groups is 1. The van der Waals surface area contributed by atoms with Crippen molar-refractivity contribution in [2.75, 3.05) is 31.2 Å². The lowest BCUT2D eigenvalue weighted by molar-refractivity contribution is -0.122. The first-order valence-corrected chi connectivity index (χ1v) is 10.8. The van der Waals surface area contributed by atoms with Crippen molar-refractivity contribution >= 4 is 22.5 Å². The SMILES string of the molecule is CC(C)CC(=O)NC(c1ccc(N2CCOCC2)cc1)c1ccc2cccnc2c1O. The Bertz CT molecular complexity index is 1040. The molecule has 0 bridgehead atoms. The fraction of sp³-hybridized carbons (Fsp3) is 0.360. The third kappa shape index (κ3) is 4.80. The number of nitrogens with one attached hydrogen (secondary N) is 1. The molecule has 6 heteroatoms. The third-order valence-corrected chi connectivity index (χ3v) is 5.59. The van der Waals surface area contributed by atoms with Gasteiger partial charge in [0.2, 0.25) is 5.91 Å². The summed E-state index contributed by atoms with van der Waals surface area (Å²) in [5.74, 6) is 0.305. The highest BCUT2D eigenvalue weighted by Gasteiger charge is 2.22. The van der Waals surface area contributed by atoms with Gasteiger partial charge in [0.1, 0.15) is 11.3 Å². The molecule has 1 atom stereocenters. The number of phenolic OH excluding ortho intramolecular Hbond substituents is 1. The minimum absolute atomic E-state index is 0.0437. The molecule has 1 aliphatic heterocycles. The van der Waals surface area contributed by atoms with E-state index in [9.17, 15) is 9.90 Å². The fourth-order valence-electron chi connectivity index (χ4n) is 4.01. The first-order valence-electron chi connectivity index (χ1n) is 10.8. The van der Waals surface area contributed by atoms with Crippen molar-refractivity contribution < 1.29 is 14.6 Å². The number of benzene rings is 2. The Labute approximate surface area is 182 Å². The molecule has 0 aliphatic carbocycles. The van der Waals surface area contributed by atoms with Crippen LogP contribution >= 0.6 is 0 Å². The zero-order chi connectivity index (χ0) is 21.8. The van der Waals surface area contributed by atoms with Crippen molar-refractivity contribution in [2.45, 2.75) is 26.3 Å². The van der Waals surface area contributed by atoms with Gasteiger partial charge in [-0.1, -0.05) is 44.2 Å². The molecule has 162 valence electrons. The number of amides is 1. The lowest BCUT2D eigenvalue weighted by Crippen LogP contribution is -2.36. The summed E-state index contributed by atoms with van der Waals surface area (Å²) in [5.41, 5.74) is 3.22.